The Balaban J connectivity index is 1.69. The quantitative estimate of drug-likeness (QED) is 0.604. The van der Waals surface area contributed by atoms with Gasteiger partial charge >= 0.3 is 0 Å². The Kier molecular flexibility index (Phi) is 4.76. The fourth-order valence-electron chi connectivity index (χ4n) is 2.48. The van der Waals surface area contributed by atoms with E-state index in [-0.39, 0.29) is 6.10 Å². The molecule has 1 heteroatoms. The van der Waals surface area contributed by atoms with Crippen LogP contribution in [0.2, 0.25) is 0 Å². The lowest BCUT2D eigenvalue weighted by atomic mass is 10.1. The summed E-state index contributed by atoms with van der Waals surface area (Å²) in [6.45, 7) is 0. The molecule has 0 aromatic heterocycles. The van der Waals surface area contributed by atoms with Crippen molar-refractivity contribution in [3.05, 3.63) is 90.5 Å². The summed E-state index contributed by atoms with van der Waals surface area (Å²) in [7, 11) is 0. The van der Waals surface area contributed by atoms with Crippen molar-refractivity contribution in [1.82, 2.24) is 0 Å². The van der Waals surface area contributed by atoms with Crippen LogP contribution in [0.5, 0.6) is 5.75 Å². The average Bonchev–Trinajstić information content (AvgIpc) is 2.63. The van der Waals surface area contributed by atoms with Crippen molar-refractivity contribution in [2.75, 3.05) is 0 Å². The van der Waals surface area contributed by atoms with Crippen LogP contribution in [0.1, 0.15) is 5.56 Å². The first-order chi connectivity index (χ1) is 11.3. The number of rotatable bonds is 5. The van der Waals surface area contributed by atoms with Crippen molar-refractivity contribution in [3.63, 3.8) is 0 Å². The van der Waals surface area contributed by atoms with E-state index in [2.05, 4.69) is 42.3 Å². The second-order valence-electron chi connectivity index (χ2n) is 5.35. The van der Waals surface area contributed by atoms with Crippen LogP contribution in [0, 0.1) is 12.3 Å². The van der Waals surface area contributed by atoms with Gasteiger partial charge in [-0.25, -0.2) is 0 Å². The lowest BCUT2D eigenvalue weighted by Gasteiger charge is -2.14. The highest BCUT2D eigenvalue weighted by Crippen LogP contribution is 2.23. The van der Waals surface area contributed by atoms with Gasteiger partial charge in [-0.1, -0.05) is 78.7 Å². The fraction of sp³-hybridized carbons (Fsp3) is 0.0909. The summed E-state index contributed by atoms with van der Waals surface area (Å²) in [5, 5.41) is 0. The van der Waals surface area contributed by atoms with Crippen LogP contribution in [0.3, 0.4) is 0 Å². The Morgan fingerprint density at radius 3 is 1.91 bits per heavy atom. The van der Waals surface area contributed by atoms with Gasteiger partial charge in [-0.2, -0.15) is 0 Å². The van der Waals surface area contributed by atoms with Gasteiger partial charge in [0.1, 0.15) is 5.75 Å². The second kappa shape index (κ2) is 7.33. The van der Waals surface area contributed by atoms with Crippen LogP contribution in [0.4, 0.5) is 0 Å². The number of ether oxygens (including phenoxy) is 1. The van der Waals surface area contributed by atoms with Gasteiger partial charge in [0.25, 0.3) is 0 Å². The predicted molar refractivity (Wildman–Crippen MR) is 95.3 cm³/mol. The molecule has 0 bridgehead atoms. The summed E-state index contributed by atoms with van der Waals surface area (Å²) in [5.41, 5.74) is 3.53. The van der Waals surface area contributed by atoms with Gasteiger partial charge in [0.2, 0.25) is 0 Å². The summed E-state index contributed by atoms with van der Waals surface area (Å²) < 4.78 is 5.92. The molecule has 0 radical (unpaired) electrons. The molecule has 1 atom stereocenters. The van der Waals surface area contributed by atoms with Crippen molar-refractivity contribution in [2.24, 2.45) is 0 Å². The molecule has 3 rings (SSSR count). The third-order valence-corrected chi connectivity index (χ3v) is 3.69. The van der Waals surface area contributed by atoms with Gasteiger partial charge in [-0.15, -0.1) is 6.42 Å². The van der Waals surface area contributed by atoms with Gasteiger partial charge in [0.15, 0.2) is 6.10 Å². The highest BCUT2D eigenvalue weighted by Gasteiger charge is 2.08. The molecule has 0 fully saturated rings. The van der Waals surface area contributed by atoms with E-state index in [1.807, 2.05) is 48.5 Å². The maximum Gasteiger partial charge on any atom is 0.162 e. The molecular weight excluding hydrogens is 280 g/mol. The maximum atomic E-state index is 5.92. The standard InChI is InChI=1S/C22H18O/c1-2-21(17-18-9-5-3-6-10-18)23-22-15-13-20(14-16-22)19-11-7-4-8-12-19/h1,3-16,21H,17H2/t21-/m0/s1. The lowest BCUT2D eigenvalue weighted by Crippen LogP contribution is -2.17. The maximum absolute atomic E-state index is 5.92. The summed E-state index contributed by atoms with van der Waals surface area (Å²) in [4.78, 5) is 0. The Morgan fingerprint density at radius 1 is 0.739 bits per heavy atom. The molecule has 0 unspecified atom stereocenters. The molecule has 0 saturated heterocycles. The minimum atomic E-state index is -0.264. The number of hydrogen-bond acceptors (Lipinski definition) is 1. The van der Waals surface area contributed by atoms with Crippen molar-refractivity contribution >= 4 is 0 Å². The Hall–Kier alpha value is -2.98. The van der Waals surface area contributed by atoms with E-state index in [4.69, 9.17) is 11.2 Å². The van der Waals surface area contributed by atoms with Crippen molar-refractivity contribution in [2.45, 2.75) is 12.5 Å². The Bertz CT molecular complexity index is 768. The van der Waals surface area contributed by atoms with E-state index in [1.165, 1.54) is 16.7 Å². The molecule has 3 aromatic rings. The third-order valence-electron chi connectivity index (χ3n) is 3.69. The van der Waals surface area contributed by atoms with E-state index in [0.717, 1.165) is 5.75 Å². The molecule has 3 aromatic carbocycles. The monoisotopic (exact) mass is 298 g/mol. The highest BCUT2D eigenvalue weighted by atomic mass is 16.5. The molecule has 0 saturated carbocycles. The molecule has 0 heterocycles. The summed E-state index contributed by atoms with van der Waals surface area (Å²) in [6.07, 6.45) is 6.06. The van der Waals surface area contributed by atoms with Gasteiger partial charge in [-0.3, -0.25) is 0 Å². The third kappa shape index (κ3) is 4.02. The zero-order valence-corrected chi connectivity index (χ0v) is 12.9. The molecule has 0 amide bonds. The zero-order valence-electron chi connectivity index (χ0n) is 12.9. The summed E-state index contributed by atoms with van der Waals surface area (Å²) in [6, 6.07) is 28.5. The zero-order chi connectivity index (χ0) is 15.9. The Labute approximate surface area is 137 Å². The topological polar surface area (TPSA) is 9.23 Å². The van der Waals surface area contributed by atoms with Gasteiger partial charge in [0.05, 0.1) is 0 Å². The second-order valence-corrected chi connectivity index (χ2v) is 5.35. The number of terminal acetylenes is 1. The first-order valence-electron chi connectivity index (χ1n) is 7.67. The highest BCUT2D eigenvalue weighted by molar-refractivity contribution is 5.63. The normalized spacial score (nSPS) is 11.4. The Morgan fingerprint density at radius 2 is 1.30 bits per heavy atom. The van der Waals surface area contributed by atoms with Crippen molar-refractivity contribution in [1.29, 1.82) is 0 Å². The SMILES string of the molecule is C#C[C@@H](Cc1ccccc1)Oc1ccc(-c2ccccc2)cc1. The average molecular weight is 298 g/mol. The van der Waals surface area contributed by atoms with Crippen molar-refractivity contribution < 1.29 is 4.74 Å². The molecule has 0 N–H and O–H groups in total. The summed E-state index contributed by atoms with van der Waals surface area (Å²) in [5.74, 6) is 3.52. The molecule has 1 nitrogen and oxygen atoms in total. The van der Waals surface area contributed by atoms with Crippen LogP contribution < -0.4 is 4.74 Å². The van der Waals surface area contributed by atoms with Crippen molar-refractivity contribution in [3.8, 4) is 29.2 Å². The fourth-order valence-corrected chi connectivity index (χ4v) is 2.48. The van der Waals surface area contributed by atoms with Crippen LogP contribution in [-0.2, 0) is 6.42 Å². The predicted octanol–water partition coefficient (Wildman–Crippen LogP) is 4.98. The first-order valence-corrected chi connectivity index (χ1v) is 7.67. The van der Waals surface area contributed by atoms with Crippen LogP contribution in [0.25, 0.3) is 11.1 Å². The van der Waals surface area contributed by atoms with E-state index in [9.17, 15) is 0 Å². The van der Waals surface area contributed by atoms with E-state index in [1.54, 1.807) is 0 Å². The molecular formula is C22H18O. The molecule has 0 spiro atoms. The van der Waals surface area contributed by atoms with Gasteiger partial charge in [-0.05, 0) is 28.8 Å². The smallest absolute Gasteiger partial charge is 0.162 e. The largest absolute Gasteiger partial charge is 0.477 e. The molecule has 0 aliphatic heterocycles. The first kappa shape index (κ1) is 14.9. The van der Waals surface area contributed by atoms with E-state index >= 15 is 0 Å². The van der Waals surface area contributed by atoms with Crippen LogP contribution in [0.15, 0.2) is 84.9 Å². The van der Waals surface area contributed by atoms with E-state index < -0.39 is 0 Å². The molecule has 0 aliphatic rings. The van der Waals surface area contributed by atoms with Gasteiger partial charge < -0.3 is 4.74 Å². The lowest BCUT2D eigenvalue weighted by molar-refractivity contribution is 0.259. The van der Waals surface area contributed by atoms with Gasteiger partial charge in [0, 0.05) is 6.42 Å². The molecule has 112 valence electrons. The number of benzene rings is 3. The van der Waals surface area contributed by atoms with Crippen LogP contribution >= 0.6 is 0 Å². The molecule has 0 aliphatic carbocycles. The van der Waals surface area contributed by atoms with Crippen LogP contribution in [-0.4, -0.2) is 6.10 Å². The number of hydrogen-bond donors (Lipinski definition) is 0. The minimum Gasteiger partial charge on any atom is -0.477 e. The van der Waals surface area contributed by atoms with E-state index in [0.29, 0.717) is 6.42 Å². The summed E-state index contributed by atoms with van der Waals surface area (Å²) >= 11 is 0. The minimum absolute atomic E-state index is 0.264. The molecule has 23 heavy (non-hydrogen) atoms.